The summed E-state index contributed by atoms with van der Waals surface area (Å²) in [6.45, 7) is 8.58. The van der Waals surface area contributed by atoms with Crippen molar-refractivity contribution in [2.45, 2.75) is 45.8 Å². The molecule has 0 aliphatic carbocycles. The first-order valence-electron chi connectivity index (χ1n) is 9.59. The normalized spacial score (nSPS) is 14.2. The van der Waals surface area contributed by atoms with Crippen LogP contribution in [0.2, 0.25) is 0 Å². The number of benzene rings is 3. The van der Waals surface area contributed by atoms with Crippen molar-refractivity contribution < 1.29 is 5.11 Å². The molecule has 3 heteroatoms. The van der Waals surface area contributed by atoms with Crippen LogP contribution < -0.4 is 0 Å². The van der Waals surface area contributed by atoms with Gasteiger partial charge in [-0.25, -0.2) is 0 Å². The lowest BCUT2D eigenvalue weighted by molar-refractivity contribution is 0.0577. The molecule has 0 heterocycles. The second-order valence-corrected chi connectivity index (χ2v) is 7.96. The molecule has 0 fully saturated rings. The van der Waals surface area contributed by atoms with Gasteiger partial charge in [-0.1, -0.05) is 66.2 Å². The van der Waals surface area contributed by atoms with Crippen molar-refractivity contribution in [1.82, 2.24) is 4.90 Å². The highest BCUT2D eigenvalue weighted by Crippen LogP contribution is 2.34. The van der Waals surface area contributed by atoms with Crippen LogP contribution in [0.25, 0.3) is 21.5 Å². The molecule has 0 radical (unpaired) electrons. The fourth-order valence-corrected chi connectivity index (χ4v) is 4.42. The van der Waals surface area contributed by atoms with Gasteiger partial charge in [0.15, 0.2) is 0 Å². The zero-order chi connectivity index (χ0) is 18.7. The Labute approximate surface area is 165 Å². The number of nitrogens with zero attached hydrogens (tertiary/aromatic N) is 1. The molecule has 0 saturated carbocycles. The first-order chi connectivity index (χ1) is 12.6. The van der Waals surface area contributed by atoms with Crippen LogP contribution in [0.4, 0.5) is 0 Å². The Balaban J connectivity index is 2.02. The molecule has 2 atom stereocenters. The maximum absolute atomic E-state index is 11.0. The Morgan fingerprint density at radius 2 is 1.58 bits per heavy atom. The molecule has 0 unspecified atom stereocenters. The summed E-state index contributed by atoms with van der Waals surface area (Å²) in [5.41, 5.74) is 0.995. The van der Waals surface area contributed by atoms with E-state index >= 15 is 0 Å². The van der Waals surface area contributed by atoms with Crippen molar-refractivity contribution in [3.63, 3.8) is 0 Å². The minimum atomic E-state index is -0.486. The van der Waals surface area contributed by atoms with E-state index in [2.05, 4.69) is 90.1 Å². The minimum Gasteiger partial charge on any atom is -0.387 e. The number of hydrogen-bond acceptors (Lipinski definition) is 2. The van der Waals surface area contributed by atoms with E-state index in [-0.39, 0.29) is 6.04 Å². The molecule has 1 N–H and O–H groups in total. The first kappa shape index (κ1) is 19.3. The van der Waals surface area contributed by atoms with Crippen LogP contribution in [0.3, 0.4) is 0 Å². The Hall–Kier alpha value is -1.42. The van der Waals surface area contributed by atoms with Gasteiger partial charge in [0, 0.05) is 10.5 Å². The highest BCUT2D eigenvalue weighted by atomic mass is 79.9. The van der Waals surface area contributed by atoms with Gasteiger partial charge in [-0.15, -0.1) is 0 Å². The molecular weight excluding hydrogens is 386 g/mol. The average molecular weight is 414 g/mol. The molecule has 0 amide bonds. The molecule has 3 rings (SSSR count). The Morgan fingerprint density at radius 1 is 0.923 bits per heavy atom. The summed E-state index contributed by atoms with van der Waals surface area (Å²) in [6.07, 6.45) is 1.72. The highest BCUT2D eigenvalue weighted by molar-refractivity contribution is 9.10. The molecule has 3 aromatic rings. The third kappa shape index (κ3) is 3.80. The van der Waals surface area contributed by atoms with Crippen LogP contribution in [-0.4, -0.2) is 29.1 Å². The summed E-state index contributed by atoms with van der Waals surface area (Å²) < 4.78 is 1.11. The van der Waals surface area contributed by atoms with Crippen molar-refractivity contribution in [2.75, 3.05) is 13.1 Å². The van der Waals surface area contributed by atoms with Crippen molar-refractivity contribution in [3.8, 4) is 0 Å². The van der Waals surface area contributed by atoms with Gasteiger partial charge in [-0.2, -0.15) is 0 Å². The van der Waals surface area contributed by atoms with Crippen molar-refractivity contribution in [3.05, 3.63) is 58.6 Å². The van der Waals surface area contributed by atoms with Crippen molar-refractivity contribution >= 4 is 37.5 Å². The number of halogens is 1. The zero-order valence-corrected chi connectivity index (χ0v) is 17.5. The van der Waals surface area contributed by atoms with Gasteiger partial charge in [0.25, 0.3) is 0 Å². The van der Waals surface area contributed by atoms with E-state index in [0.717, 1.165) is 36.0 Å². The lowest BCUT2D eigenvalue weighted by Gasteiger charge is -2.32. The summed E-state index contributed by atoms with van der Waals surface area (Å²) in [7, 11) is 0. The summed E-state index contributed by atoms with van der Waals surface area (Å²) >= 11 is 3.69. The number of aliphatic hydroxyl groups excluding tert-OH is 1. The Bertz CT molecular complexity index is 886. The average Bonchev–Trinajstić information content (AvgIpc) is 2.67. The largest absolute Gasteiger partial charge is 0.387 e. The SMILES string of the molecule is CCCN(CCC)[C@H](C)[C@H](O)c1ccc2cc(Br)c3ccccc3c2c1. The van der Waals surface area contributed by atoms with E-state index in [1.54, 1.807) is 0 Å². The molecule has 2 nitrogen and oxygen atoms in total. The van der Waals surface area contributed by atoms with Crippen LogP contribution in [0.5, 0.6) is 0 Å². The molecule has 0 aliphatic rings. The molecule has 0 spiro atoms. The molecule has 138 valence electrons. The van der Waals surface area contributed by atoms with Gasteiger partial charge < -0.3 is 5.11 Å². The summed E-state index contributed by atoms with van der Waals surface area (Å²) in [5.74, 6) is 0. The zero-order valence-electron chi connectivity index (χ0n) is 15.9. The van der Waals surface area contributed by atoms with E-state index in [4.69, 9.17) is 0 Å². The monoisotopic (exact) mass is 413 g/mol. The van der Waals surface area contributed by atoms with Crippen molar-refractivity contribution in [2.24, 2.45) is 0 Å². The predicted molar refractivity (Wildman–Crippen MR) is 116 cm³/mol. The maximum atomic E-state index is 11.0. The maximum Gasteiger partial charge on any atom is 0.0942 e. The standard InChI is InChI=1S/C23H28BrNO/c1-4-12-25(13-5-2)16(3)23(26)18-11-10-17-15-22(24)20-9-7-6-8-19(20)21(17)14-18/h6-11,14-16,23,26H,4-5,12-13H2,1-3H3/t16-,23+/m1/s1. The highest BCUT2D eigenvalue weighted by Gasteiger charge is 2.22. The minimum absolute atomic E-state index is 0.106. The summed E-state index contributed by atoms with van der Waals surface area (Å²) in [6, 6.07) is 17.1. The first-order valence-corrected chi connectivity index (χ1v) is 10.4. The van der Waals surface area contributed by atoms with Gasteiger partial charge in [-0.3, -0.25) is 4.90 Å². The predicted octanol–water partition coefficient (Wildman–Crippen LogP) is 6.30. The molecule has 0 saturated heterocycles. The number of rotatable bonds is 7. The molecule has 26 heavy (non-hydrogen) atoms. The van der Waals surface area contributed by atoms with E-state index < -0.39 is 6.10 Å². The van der Waals surface area contributed by atoms with Crippen LogP contribution in [0.15, 0.2) is 53.0 Å². The molecule has 0 aromatic heterocycles. The smallest absolute Gasteiger partial charge is 0.0942 e. The molecule has 0 bridgehead atoms. The topological polar surface area (TPSA) is 23.5 Å². The lowest BCUT2D eigenvalue weighted by atomic mass is 9.95. The van der Waals surface area contributed by atoms with Crippen LogP contribution in [-0.2, 0) is 0 Å². The third-order valence-corrected chi connectivity index (χ3v) is 5.89. The lowest BCUT2D eigenvalue weighted by Crippen LogP contribution is -2.38. The number of hydrogen-bond donors (Lipinski definition) is 1. The Kier molecular flexibility index (Phi) is 6.33. The van der Waals surface area contributed by atoms with E-state index in [1.165, 1.54) is 21.5 Å². The second kappa shape index (κ2) is 8.51. The van der Waals surface area contributed by atoms with Gasteiger partial charge in [0.1, 0.15) is 0 Å². The van der Waals surface area contributed by atoms with Gasteiger partial charge >= 0.3 is 0 Å². The second-order valence-electron chi connectivity index (χ2n) is 7.11. The number of aliphatic hydroxyl groups is 1. The third-order valence-electron chi connectivity index (χ3n) is 5.23. The summed E-state index contributed by atoms with van der Waals surface area (Å²) in [5, 5.41) is 15.9. The van der Waals surface area contributed by atoms with E-state index in [1.807, 2.05) is 0 Å². The quantitative estimate of drug-likeness (QED) is 0.459. The fourth-order valence-electron chi connectivity index (χ4n) is 3.83. The van der Waals surface area contributed by atoms with E-state index in [0.29, 0.717) is 0 Å². The van der Waals surface area contributed by atoms with Crippen LogP contribution in [0, 0.1) is 0 Å². The molecule has 0 aliphatic heterocycles. The fraction of sp³-hybridized carbons (Fsp3) is 0.391. The van der Waals surface area contributed by atoms with E-state index in [9.17, 15) is 5.11 Å². The van der Waals surface area contributed by atoms with Gasteiger partial charge in [0.05, 0.1) is 6.10 Å². The molecule has 3 aromatic carbocycles. The van der Waals surface area contributed by atoms with Crippen LogP contribution in [0.1, 0.15) is 45.3 Å². The van der Waals surface area contributed by atoms with Gasteiger partial charge in [-0.05, 0) is 72.1 Å². The molecular formula is C23H28BrNO. The van der Waals surface area contributed by atoms with Crippen LogP contribution >= 0.6 is 15.9 Å². The summed E-state index contributed by atoms with van der Waals surface area (Å²) in [4.78, 5) is 2.40. The van der Waals surface area contributed by atoms with Crippen molar-refractivity contribution in [1.29, 1.82) is 0 Å². The number of fused-ring (bicyclic) bond motifs is 3. The van der Waals surface area contributed by atoms with Gasteiger partial charge in [0.2, 0.25) is 0 Å². The Morgan fingerprint density at radius 3 is 2.23 bits per heavy atom.